The number of aliphatic hydroxyl groups excluding tert-OH is 1. The monoisotopic (exact) mass is 259 g/mol. The van der Waals surface area contributed by atoms with Gasteiger partial charge in [0.05, 0.1) is 6.10 Å². The molecule has 2 heteroatoms. The normalized spacial score (nSPS) is 28.1. The van der Waals surface area contributed by atoms with Crippen LogP contribution in [0, 0.1) is 5.92 Å². The lowest BCUT2D eigenvalue weighted by atomic mass is 9.99. The van der Waals surface area contributed by atoms with E-state index < -0.39 is 0 Å². The molecule has 2 nitrogen and oxygen atoms in total. The summed E-state index contributed by atoms with van der Waals surface area (Å²) in [6.45, 7) is 1.08. The van der Waals surface area contributed by atoms with Gasteiger partial charge in [-0.15, -0.1) is 0 Å². The summed E-state index contributed by atoms with van der Waals surface area (Å²) in [6, 6.07) is 8.52. The average Bonchev–Trinajstić information content (AvgIpc) is 2.63. The minimum absolute atomic E-state index is 0.223. The van der Waals surface area contributed by atoms with Crippen molar-refractivity contribution in [2.45, 2.75) is 57.1 Å². The Morgan fingerprint density at radius 3 is 2.53 bits per heavy atom. The summed E-state index contributed by atoms with van der Waals surface area (Å²) in [5.74, 6) is 0.818. The van der Waals surface area contributed by atoms with Gasteiger partial charge in [-0.3, -0.25) is 0 Å². The number of aliphatic hydroxyl groups is 1. The first-order chi connectivity index (χ1) is 9.34. The molecule has 1 aromatic carbocycles. The number of fused-ring (bicyclic) bond motifs is 1. The van der Waals surface area contributed by atoms with Gasteiger partial charge >= 0.3 is 0 Å². The molecule has 0 radical (unpaired) electrons. The van der Waals surface area contributed by atoms with E-state index in [1.807, 2.05) is 6.07 Å². The molecule has 2 aliphatic carbocycles. The summed E-state index contributed by atoms with van der Waals surface area (Å²) in [5, 5.41) is 14.0. The van der Waals surface area contributed by atoms with Gasteiger partial charge < -0.3 is 10.4 Å². The molecule has 0 aliphatic heterocycles. The fourth-order valence-electron chi connectivity index (χ4n) is 3.64. The summed E-state index contributed by atoms with van der Waals surface area (Å²) in [7, 11) is 0. The number of rotatable bonds is 3. The van der Waals surface area contributed by atoms with Gasteiger partial charge in [0.25, 0.3) is 0 Å². The van der Waals surface area contributed by atoms with Crippen LogP contribution in [0.5, 0.6) is 0 Å². The van der Waals surface area contributed by atoms with E-state index in [4.69, 9.17) is 0 Å². The van der Waals surface area contributed by atoms with Crippen molar-refractivity contribution in [1.82, 2.24) is 5.32 Å². The molecule has 1 saturated carbocycles. The highest BCUT2D eigenvalue weighted by atomic mass is 16.3. The van der Waals surface area contributed by atoms with Crippen LogP contribution in [-0.2, 0) is 6.42 Å². The first-order valence-electron chi connectivity index (χ1n) is 7.84. The van der Waals surface area contributed by atoms with Crippen LogP contribution >= 0.6 is 0 Å². The predicted octanol–water partition coefficient (Wildman–Crippen LogP) is 3.20. The molecule has 19 heavy (non-hydrogen) atoms. The highest BCUT2D eigenvalue weighted by Crippen LogP contribution is 2.31. The molecule has 0 amide bonds. The van der Waals surface area contributed by atoms with Gasteiger partial charge in [0, 0.05) is 6.04 Å². The van der Waals surface area contributed by atoms with Gasteiger partial charge in [0.2, 0.25) is 0 Å². The fraction of sp³-hybridized carbons (Fsp3) is 0.647. The van der Waals surface area contributed by atoms with E-state index in [-0.39, 0.29) is 12.1 Å². The first-order valence-corrected chi connectivity index (χ1v) is 7.84. The third kappa shape index (κ3) is 3.01. The molecule has 2 aliphatic rings. The van der Waals surface area contributed by atoms with Crippen LogP contribution in [-0.4, -0.2) is 17.7 Å². The predicted molar refractivity (Wildman–Crippen MR) is 78.1 cm³/mol. The molecule has 2 atom stereocenters. The molecule has 0 aromatic heterocycles. The van der Waals surface area contributed by atoms with E-state index in [1.54, 1.807) is 0 Å². The fourth-order valence-corrected chi connectivity index (χ4v) is 3.64. The number of benzene rings is 1. The van der Waals surface area contributed by atoms with E-state index >= 15 is 0 Å². The minimum Gasteiger partial charge on any atom is -0.387 e. The second-order valence-electron chi connectivity index (χ2n) is 6.22. The Bertz CT molecular complexity index is 409. The lowest BCUT2D eigenvalue weighted by Gasteiger charge is -2.21. The van der Waals surface area contributed by atoms with Crippen molar-refractivity contribution in [3.05, 3.63) is 35.4 Å². The van der Waals surface area contributed by atoms with E-state index in [0.29, 0.717) is 0 Å². The molecule has 1 aromatic rings. The second-order valence-corrected chi connectivity index (χ2v) is 6.22. The minimum atomic E-state index is -0.318. The molecule has 0 bridgehead atoms. The third-order valence-corrected chi connectivity index (χ3v) is 4.84. The maximum atomic E-state index is 10.4. The van der Waals surface area contributed by atoms with Gasteiger partial charge in [-0.05, 0) is 42.9 Å². The van der Waals surface area contributed by atoms with Crippen molar-refractivity contribution in [2.75, 3.05) is 6.54 Å². The van der Waals surface area contributed by atoms with Crippen molar-refractivity contribution in [3.8, 4) is 0 Å². The van der Waals surface area contributed by atoms with Crippen LogP contribution in [0.1, 0.15) is 55.8 Å². The lowest BCUT2D eigenvalue weighted by Crippen LogP contribution is -2.36. The Balaban J connectivity index is 1.54. The Labute approximate surface area is 116 Å². The number of hydrogen-bond donors (Lipinski definition) is 2. The van der Waals surface area contributed by atoms with Crippen molar-refractivity contribution in [1.29, 1.82) is 0 Å². The van der Waals surface area contributed by atoms with Crippen LogP contribution in [0.3, 0.4) is 0 Å². The molecular formula is C17H25NO. The Morgan fingerprint density at radius 1 is 1.05 bits per heavy atom. The highest BCUT2D eigenvalue weighted by molar-refractivity contribution is 5.35. The highest BCUT2D eigenvalue weighted by Gasteiger charge is 2.30. The summed E-state index contributed by atoms with van der Waals surface area (Å²) < 4.78 is 0. The Hall–Kier alpha value is -0.860. The largest absolute Gasteiger partial charge is 0.387 e. The molecule has 0 spiro atoms. The topological polar surface area (TPSA) is 32.3 Å². The molecule has 3 rings (SSSR count). The summed E-state index contributed by atoms with van der Waals surface area (Å²) in [5.41, 5.74) is 2.44. The third-order valence-electron chi connectivity index (χ3n) is 4.84. The molecule has 0 heterocycles. The van der Waals surface area contributed by atoms with Gasteiger partial charge in [0.15, 0.2) is 0 Å². The molecule has 1 fully saturated rings. The van der Waals surface area contributed by atoms with Crippen molar-refractivity contribution in [2.24, 2.45) is 5.92 Å². The summed E-state index contributed by atoms with van der Waals surface area (Å²) in [4.78, 5) is 0. The van der Waals surface area contributed by atoms with E-state index in [9.17, 15) is 5.11 Å². The Kier molecular flexibility index (Phi) is 4.19. The quantitative estimate of drug-likeness (QED) is 0.817. The lowest BCUT2D eigenvalue weighted by molar-refractivity contribution is 0.138. The summed E-state index contributed by atoms with van der Waals surface area (Å²) in [6.07, 6.45) is 8.99. The summed E-state index contributed by atoms with van der Waals surface area (Å²) >= 11 is 0. The molecule has 1 unspecified atom stereocenters. The first kappa shape index (κ1) is 13.1. The number of nitrogens with one attached hydrogen (secondary N) is 1. The van der Waals surface area contributed by atoms with Gasteiger partial charge in [-0.1, -0.05) is 49.9 Å². The second kappa shape index (κ2) is 6.06. The van der Waals surface area contributed by atoms with E-state index in [1.165, 1.54) is 44.1 Å². The standard InChI is InChI=1S/C17H25NO/c19-17-15-10-6-5-9-14(15)11-16(17)18-12-13-7-3-1-2-4-8-13/h5-6,9-10,13,16-19H,1-4,7-8,11-12H2/t16-,17?/m0/s1. The van der Waals surface area contributed by atoms with E-state index in [0.717, 1.165) is 24.4 Å². The van der Waals surface area contributed by atoms with Gasteiger partial charge in [-0.2, -0.15) is 0 Å². The van der Waals surface area contributed by atoms with Crippen LogP contribution in [0.15, 0.2) is 24.3 Å². The average molecular weight is 259 g/mol. The van der Waals surface area contributed by atoms with Crippen molar-refractivity contribution < 1.29 is 5.11 Å². The van der Waals surface area contributed by atoms with Crippen LogP contribution < -0.4 is 5.32 Å². The van der Waals surface area contributed by atoms with E-state index in [2.05, 4.69) is 23.5 Å². The number of hydrogen-bond acceptors (Lipinski definition) is 2. The smallest absolute Gasteiger partial charge is 0.0948 e. The zero-order valence-corrected chi connectivity index (χ0v) is 11.6. The molecule has 0 saturated heterocycles. The van der Waals surface area contributed by atoms with Gasteiger partial charge in [-0.25, -0.2) is 0 Å². The maximum Gasteiger partial charge on any atom is 0.0948 e. The zero-order valence-electron chi connectivity index (χ0n) is 11.6. The SMILES string of the molecule is OC1c2ccccc2C[C@@H]1NCC1CCCCCC1. The molecular weight excluding hydrogens is 234 g/mol. The van der Waals surface area contributed by atoms with Crippen molar-refractivity contribution >= 4 is 0 Å². The van der Waals surface area contributed by atoms with Crippen LogP contribution in [0.4, 0.5) is 0 Å². The van der Waals surface area contributed by atoms with Gasteiger partial charge in [0.1, 0.15) is 0 Å². The molecule has 2 N–H and O–H groups in total. The van der Waals surface area contributed by atoms with Crippen LogP contribution in [0.25, 0.3) is 0 Å². The Morgan fingerprint density at radius 2 is 1.79 bits per heavy atom. The zero-order chi connectivity index (χ0) is 13.1. The van der Waals surface area contributed by atoms with Crippen molar-refractivity contribution in [3.63, 3.8) is 0 Å². The molecule has 104 valence electrons. The maximum absolute atomic E-state index is 10.4. The van der Waals surface area contributed by atoms with Crippen LogP contribution in [0.2, 0.25) is 0 Å².